The van der Waals surface area contributed by atoms with Crippen LogP contribution in [-0.4, -0.2) is 56.8 Å². The lowest BCUT2D eigenvalue weighted by atomic mass is 9.69. The summed E-state index contributed by atoms with van der Waals surface area (Å²) in [6.45, 7) is 0.462. The smallest absolute Gasteiger partial charge is 0.323 e. The van der Waals surface area contributed by atoms with Gasteiger partial charge in [0.1, 0.15) is 11.6 Å². The number of rotatable bonds is 4. The van der Waals surface area contributed by atoms with Crippen LogP contribution in [0, 0.1) is 5.82 Å². The number of nitrogens with one attached hydrogen (secondary N) is 1. The number of halogens is 1. The zero-order chi connectivity index (χ0) is 22.4. The second-order valence-corrected chi connectivity index (χ2v) is 10.9. The Labute approximate surface area is 182 Å². The van der Waals surface area contributed by atoms with E-state index in [0.717, 1.165) is 37.5 Å². The SMILES string of the molecule is CN(C)[C@]1(c2cccc(F)c2)CC[C@]2(CC1)CN(c1ccc(S(C)(=O)=O)cn1)C(=O)N2. The van der Waals surface area contributed by atoms with E-state index in [9.17, 15) is 17.6 Å². The van der Waals surface area contributed by atoms with Crippen molar-refractivity contribution in [2.24, 2.45) is 0 Å². The van der Waals surface area contributed by atoms with Crippen molar-refractivity contribution in [3.05, 3.63) is 54.0 Å². The highest BCUT2D eigenvalue weighted by Crippen LogP contribution is 2.46. The van der Waals surface area contributed by atoms with Crippen molar-refractivity contribution in [2.75, 3.05) is 31.8 Å². The molecule has 9 heteroatoms. The molecule has 166 valence electrons. The predicted octanol–water partition coefficient (Wildman–Crippen LogP) is 2.92. The summed E-state index contributed by atoms with van der Waals surface area (Å²) >= 11 is 0. The second-order valence-electron chi connectivity index (χ2n) is 8.86. The number of hydrogen-bond donors (Lipinski definition) is 1. The summed E-state index contributed by atoms with van der Waals surface area (Å²) in [5, 5.41) is 3.14. The number of urea groups is 1. The highest BCUT2D eigenvalue weighted by Gasteiger charge is 2.50. The van der Waals surface area contributed by atoms with Crippen LogP contribution in [0.2, 0.25) is 0 Å². The Hall–Kier alpha value is -2.52. The lowest BCUT2D eigenvalue weighted by Crippen LogP contribution is -2.54. The van der Waals surface area contributed by atoms with E-state index in [2.05, 4.69) is 15.2 Å². The number of anilines is 1. The number of nitrogens with zero attached hydrogens (tertiary/aromatic N) is 3. The van der Waals surface area contributed by atoms with E-state index >= 15 is 0 Å². The van der Waals surface area contributed by atoms with Crippen LogP contribution in [-0.2, 0) is 15.4 Å². The Morgan fingerprint density at radius 2 is 1.84 bits per heavy atom. The average Bonchev–Trinajstić information content (AvgIpc) is 3.04. The minimum absolute atomic E-state index is 0.120. The Morgan fingerprint density at radius 1 is 1.13 bits per heavy atom. The maximum atomic E-state index is 13.9. The lowest BCUT2D eigenvalue weighted by molar-refractivity contribution is 0.0655. The second kappa shape index (κ2) is 7.56. The topological polar surface area (TPSA) is 82.6 Å². The summed E-state index contributed by atoms with van der Waals surface area (Å²) < 4.78 is 37.2. The molecule has 7 nitrogen and oxygen atoms in total. The molecule has 0 radical (unpaired) electrons. The molecule has 2 aliphatic rings. The van der Waals surface area contributed by atoms with Crippen LogP contribution in [0.25, 0.3) is 0 Å². The van der Waals surface area contributed by atoms with E-state index in [1.165, 1.54) is 18.3 Å². The number of sulfone groups is 1. The minimum atomic E-state index is -3.35. The van der Waals surface area contributed by atoms with Gasteiger partial charge >= 0.3 is 6.03 Å². The third-order valence-corrected chi connectivity index (χ3v) is 7.85. The zero-order valence-electron chi connectivity index (χ0n) is 17.9. The van der Waals surface area contributed by atoms with Gasteiger partial charge in [0.2, 0.25) is 0 Å². The van der Waals surface area contributed by atoms with Crippen molar-refractivity contribution in [1.82, 2.24) is 15.2 Å². The molecule has 2 fully saturated rings. The van der Waals surface area contributed by atoms with E-state index in [-0.39, 0.29) is 27.8 Å². The monoisotopic (exact) mass is 446 g/mol. The fourth-order valence-electron chi connectivity index (χ4n) is 4.84. The molecule has 1 aliphatic carbocycles. The Bertz CT molecular complexity index is 1090. The van der Waals surface area contributed by atoms with Crippen LogP contribution in [0.1, 0.15) is 31.2 Å². The number of aromatic nitrogens is 1. The molecule has 0 bridgehead atoms. The molecule has 4 rings (SSSR count). The van der Waals surface area contributed by atoms with Crippen molar-refractivity contribution in [1.29, 1.82) is 0 Å². The van der Waals surface area contributed by atoms with Crippen molar-refractivity contribution in [3.63, 3.8) is 0 Å². The first-order valence-electron chi connectivity index (χ1n) is 10.2. The van der Waals surface area contributed by atoms with Crippen molar-refractivity contribution >= 4 is 21.7 Å². The largest absolute Gasteiger partial charge is 0.330 e. The molecular formula is C22H27FN4O3S. The van der Waals surface area contributed by atoms with Gasteiger partial charge in [-0.25, -0.2) is 22.6 Å². The van der Waals surface area contributed by atoms with Gasteiger partial charge in [-0.05, 0) is 69.6 Å². The highest BCUT2D eigenvalue weighted by atomic mass is 32.2. The molecule has 1 aromatic carbocycles. The molecular weight excluding hydrogens is 419 g/mol. The van der Waals surface area contributed by atoms with Crippen LogP contribution in [0.4, 0.5) is 15.0 Å². The molecule has 2 aromatic rings. The first-order chi connectivity index (χ1) is 14.5. The Morgan fingerprint density at radius 3 is 2.39 bits per heavy atom. The lowest BCUT2D eigenvalue weighted by Gasteiger charge is -2.48. The first-order valence-corrected chi connectivity index (χ1v) is 12.1. The number of carbonyl (C=O) groups is 1. The molecule has 1 saturated heterocycles. The third-order valence-electron chi connectivity index (χ3n) is 6.76. The molecule has 2 heterocycles. The summed E-state index contributed by atoms with van der Waals surface area (Å²) in [7, 11) is 0.672. The average molecular weight is 447 g/mol. The number of benzene rings is 1. The van der Waals surface area contributed by atoms with Crippen LogP contribution >= 0.6 is 0 Å². The number of hydrogen-bond acceptors (Lipinski definition) is 5. The molecule has 1 saturated carbocycles. The van der Waals surface area contributed by atoms with Crippen LogP contribution in [0.15, 0.2) is 47.5 Å². The number of carbonyl (C=O) groups excluding carboxylic acids is 1. The Balaban J connectivity index is 1.54. The highest BCUT2D eigenvalue weighted by molar-refractivity contribution is 7.90. The van der Waals surface area contributed by atoms with Gasteiger partial charge in [-0.15, -0.1) is 0 Å². The molecule has 2 amide bonds. The van der Waals surface area contributed by atoms with Crippen LogP contribution in [0.5, 0.6) is 0 Å². The van der Waals surface area contributed by atoms with E-state index in [1.54, 1.807) is 23.1 Å². The standard InChI is InChI=1S/C22H27FN4O3S/c1-26(2)22(16-5-4-6-17(23)13-16)11-9-21(10-12-22)15-27(20(28)25-21)19-8-7-18(14-24-19)31(3,29)30/h4-8,13-14H,9-12,15H2,1-3H3,(H,25,28)/t21-,22+. The molecule has 0 atom stereocenters. The van der Waals surface area contributed by atoms with Gasteiger partial charge in [-0.1, -0.05) is 12.1 Å². The van der Waals surface area contributed by atoms with Gasteiger partial charge in [0.05, 0.1) is 17.0 Å². The molecule has 1 aromatic heterocycles. The number of amides is 2. The van der Waals surface area contributed by atoms with Crippen molar-refractivity contribution in [3.8, 4) is 0 Å². The van der Waals surface area contributed by atoms with E-state index < -0.39 is 9.84 Å². The molecule has 1 spiro atoms. The Kier molecular flexibility index (Phi) is 5.29. The minimum Gasteiger partial charge on any atom is -0.330 e. The fraction of sp³-hybridized carbons (Fsp3) is 0.455. The van der Waals surface area contributed by atoms with Gasteiger partial charge in [0.25, 0.3) is 0 Å². The van der Waals surface area contributed by atoms with Crippen molar-refractivity contribution in [2.45, 2.75) is 41.7 Å². The molecule has 31 heavy (non-hydrogen) atoms. The molecule has 1 N–H and O–H groups in total. The summed E-state index contributed by atoms with van der Waals surface area (Å²) in [6.07, 6.45) is 5.44. The summed E-state index contributed by atoms with van der Waals surface area (Å²) in [5.41, 5.74) is 0.272. The van der Waals surface area contributed by atoms with Gasteiger partial charge in [0, 0.05) is 18.0 Å². The summed E-state index contributed by atoms with van der Waals surface area (Å²) in [4.78, 5) is 20.8. The summed E-state index contributed by atoms with van der Waals surface area (Å²) in [6, 6.07) is 9.56. The van der Waals surface area contributed by atoms with E-state index in [4.69, 9.17) is 0 Å². The first kappa shape index (κ1) is 21.7. The zero-order valence-corrected chi connectivity index (χ0v) is 18.7. The van der Waals surface area contributed by atoms with Gasteiger partial charge < -0.3 is 5.32 Å². The van der Waals surface area contributed by atoms with E-state index in [1.807, 2.05) is 20.2 Å². The van der Waals surface area contributed by atoms with Crippen LogP contribution in [0.3, 0.4) is 0 Å². The quantitative estimate of drug-likeness (QED) is 0.781. The van der Waals surface area contributed by atoms with E-state index in [0.29, 0.717) is 12.4 Å². The normalized spacial score (nSPS) is 26.5. The molecule has 1 aliphatic heterocycles. The predicted molar refractivity (Wildman–Crippen MR) is 116 cm³/mol. The van der Waals surface area contributed by atoms with Gasteiger partial charge in [-0.3, -0.25) is 9.80 Å². The van der Waals surface area contributed by atoms with Crippen molar-refractivity contribution < 1.29 is 17.6 Å². The van der Waals surface area contributed by atoms with Gasteiger partial charge in [-0.2, -0.15) is 0 Å². The molecule has 0 unspecified atom stereocenters. The maximum Gasteiger partial charge on any atom is 0.323 e. The third kappa shape index (κ3) is 3.92. The fourth-order valence-corrected chi connectivity index (χ4v) is 5.40. The van der Waals surface area contributed by atoms with Gasteiger partial charge in [0.15, 0.2) is 9.84 Å². The summed E-state index contributed by atoms with van der Waals surface area (Å²) in [5.74, 6) is 0.180. The number of pyridine rings is 1. The van der Waals surface area contributed by atoms with Crippen LogP contribution < -0.4 is 10.2 Å². The maximum absolute atomic E-state index is 13.9.